The monoisotopic (exact) mass is 462 g/mol. The summed E-state index contributed by atoms with van der Waals surface area (Å²) in [5.74, 6) is -1.02. The SMILES string of the molecule is CCc1nnc([C@H]2C(=N)S/C(=C\c3cn(Cc4ccc(F)cc4)c4ccccc34)C2=O)s1. The molecule has 1 aliphatic heterocycles. The van der Waals surface area contributed by atoms with Crippen molar-refractivity contribution in [1.29, 1.82) is 5.41 Å². The summed E-state index contributed by atoms with van der Waals surface area (Å²) in [6.07, 6.45) is 4.63. The number of aromatic nitrogens is 3. The number of allylic oxidation sites excluding steroid dienone is 1. The maximum absolute atomic E-state index is 13.3. The third-order valence-electron chi connectivity index (χ3n) is 5.39. The lowest BCUT2D eigenvalue weighted by Gasteiger charge is -2.05. The molecule has 0 bridgehead atoms. The normalized spacial score (nSPS) is 17.7. The van der Waals surface area contributed by atoms with Crippen LogP contribution in [0.1, 0.15) is 34.0 Å². The third kappa shape index (κ3) is 3.80. The number of Topliss-reactive ketones (excluding diaryl/α,β-unsaturated/α-hetero) is 1. The van der Waals surface area contributed by atoms with Crippen LogP contribution in [-0.2, 0) is 17.8 Å². The van der Waals surface area contributed by atoms with Crippen LogP contribution in [0.2, 0.25) is 0 Å². The van der Waals surface area contributed by atoms with Gasteiger partial charge in [0.25, 0.3) is 0 Å². The van der Waals surface area contributed by atoms with E-state index >= 15 is 0 Å². The molecule has 0 unspecified atom stereocenters. The Bertz CT molecular complexity index is 1370. The summed E-state index contributed by atoms with van der Waals surface area (Å²) in [6, 6.07) is 14.5. The van der Waals surface area contributed by atoms with Crippen molar-refractivity contribution in [3.63, 3.8) is 0 Å². The minimum Gasteiger partial charge on any atom is -0.342 e. The summed E-state index contributed by atoms with van der Waals surface area (Å²) in [4.78, 5) is 13.7. The van der Waals surface area contributed by atoms with Crippen molar-refractivity contribution in [3.05, 3.63) is 86.6 Å². The maximum atomic E-state index is 13.3. The summed E-state index contributed by atoms with van der Waals surface area (Å²) < 4.78 is 15.4. The van der Waals surface area contributed by atoms with Crippen LogP contribution in [0, 0.1) is 11.2 Å². The van der Waals surface area contributed by atoms with Crippen LogP contribution in [0.4, 0.5) is 4.39 Å². The van der Waals surface area contributed by atoms with E-state index in [4.69, 9.17) is 5.41 Å². The Labute approximate surface area is 192 Å². The van der Waals surface area contributed by atoms with Gasteiger partial charge in [-0.15, -0.1) is 21.5 Å². The number of para-hydroxylation sites is 1. The predicted molar refractivity (Wildman–Crippen MR) is 128 cm³/mol. The van der Waals surface area contributed by atoms with Crippen LogP contribution in [0.15, 0.2) is 59.6 Å². The van der Waals surface area contributed by atoms with E-state index in [0.29, 0.717) is 16.5 Å². The van der Waals surface area contributed by atoms with E-state index in [-0.39, 0.29) is 16.6 Å². The number of nitrogens with zero attached hydrogens (tertiary/aromatic N) is 3. The Kier molecular flexibility index (Phi) is 5.48. The van der Waals surface area contributed by atoms with Crippen molar-refractivity contribution in [2.24, 2.45) is 0 Å². The van der Waals surface area contributed by atoms with Crippen molar-refractivity contribution < 1.29 is 9.18 Å². The van der Waals surface area contributed by atoms with Crippen LogP contribution in [-0.4, -0.2) is 25.6 Å². The zero-order valence-corrected chi connectivity index (χ0v) is 18.8. The number of hydrogen-bond acceptors (Lipinski definition) is 6. The highest BCUT2D eigenvalue weighted by atomic mass is 32.2. The molecule has 5 rings (SSSR count). The molecule has 4 aromatic rings. The lowest BCUT2D eigenvalue weighted by atomic mass is 10.0. The Morgan fingerprint density at radius 1 is 1.16 bits per heavy atom. The number of fused-ring (bicyclic) bond motifs is 1. The molecular weight excluding hydrogens is 443 g/mol. The van der Waals surface area contributed by atoms with E-state index in [1.807, 2.05) is 43.5 Å². The molecule has 2 aromatic heterocycles. The average Bonchev–Trinajstić information content (AvgIpc) is 3.47. The van der Waals surface area contributed by atoms with Crippen molar-refractivity contribution in [2.45, 2.75) is 25.8 Å². The summed E-state index contributed by atoms with van der Waals surface area (Å²) in [6.45, 7) is 2.59. The lowest BCUT2D eigenvalue weighted by Crippen LogP contribution is -2.11. The number of halogens is 1. The molecule has 0 amide bonds. The van der Waals surface area contributed by atoms with E-state index < -0.39 is 5.92 Å². The zero-order chi connectivity index (χ0) is 22.2. The smallest absolute Gasteiger partial charge is 0.186 e. The van der Waals surface area contributed by atoms with Gasteiger partial charge in [0, 0.05) is 29.2 Å². The molecule has 0 spiro atoms. The van der Waals surface area contributed by atoms with E-state index in [2.05, 4.69) is 14.8 Å². The van der Waals surface area contributed by atoms with Crippen molar-refractivity contribution in [2.75, 3.05) is 0 Å². The first-order valence-electron chi connectivity index (χ1n) is 10.2. The van der Waals surface area contributed by atoms with Crippen molar-refractivity contribution in [1.82, 2.24) is 14.8 Å². The first-order chi connectivity index (χ1) is 15.5. The van der Waals surface area contributed by atoms with Gasteiger partial charge in [-0.25, -0.2) is 4.39 Å². The molecular formula is C24H19FN4OS2. The molecule has 5 nitrogen and oxygen atoms in total. The average molecular weight is 463 g/mol. The van der Waals surface area contributed by atoms with Gasteiger partial charge in [-0.1, -0.05) is 49.0 Å². The second-order valence-corrected chi connectivity index (χ2v) is 9.69. The summed E-state index contributed by atoms with van der Waals surface area (Å²) in [5.41, 5.74) is 2.93. The summed E-state index contributed by atoms with van der Waals surface area (Å²) in [7, 11) is 0. The highest BCUT2D eigenvalue weighted by Crippen LogP contribution is 2.42. The van der Waals surface area contributed by atoms with Gasteiger partial charge in [-0.2, -0.15) is 0 Å². The standard InChI is InChI=1S/C24H19FN4OS2/c1-2-20-27-28-24(32-20)21-22(30)19(31-23(21)26)11-15-13-29(18-6-4-3-5-17(15)18)12-14-7-9-16(25)10-8-14/h3-11,13,21,26H,2,12H2,1H3/b19-11-,26-23?/t21-/m1/s1. The molecule has 0 saturated carbocycles. The fourth-order valence-corrected chi connectivity index (χ4v) is 5.73. The molecule has 1 N–H and O–H groups in total. The van der Waals surface area contributed by atoms with Gasteiger partial charge in [-0.05, 0) is 36.3 Å². The topological polar surface area (TPSA) is 71.6 Å². The van der Waals surface area contributed by atoms with Crippen LogP contribution in [0.3, 0.4) is 0 Å². The molecule has 0 radical (unpaired) electrons. The molecule has 3 heterocycles. The second-order valence-electron chi connectivity index (χ2n) is 7.52. The lowest BCUT2D eigenvalue weighted by molar-refractivity contribution is -0.114. The first kappa shape index (κ1) is 20.8. The van der Waals surface area contributed by atoms with E-state index in [9.17, 15) is 9.18 Å². The van der Waals surface area contributed by atoms with E-state index in [1.54, 1.807) is 12.1 Å². The van der Waals surface area contributed by atoms with Gasteiger partial charge in [0.15, 0.2) is 5.78 Å². The largest absolute Gasteiger partial charge is 0.342 e. The van der Waals surface area contributed by atoms with E-state index in [0.717, 1.165) is 33.5 Å². The number of ketones is 1. The number of carbonyl (C=O) groups is 1. The maximum Gasteiger partial charge on any atom is 0.186 e. The highest BCUT2D eigenvalue weighted by Gasteiger charge is 2.39. The molecule has 1 fully saturated rings. The van der Waals surface area contributed by atoms with Gasteiger partial charge < -0.3 is 4.57 Å². The molecule has 2 aromatic carbocycles. The van der Waals surface area contributed by atoms with Crippen LogP contribution < -0.4 is 0 Å². The third-order valence-corrected chi connectivity index (χ3v) is 7.52. The quantitative estimate of drug-likeness (QED) is 0.389. The van der Waals surface area contributed by atoms with Gasteiger partial charge in [0.2, 0.25) is 0 Å². The van der Waals surface area contributed by atoms with Gasteiger partial charge in [0.05, 0.1) is 9.95 Å². The molecule has 32 heavy (non-hydrogen) atoms. The first-order valence-corrected chi connectivity index (χ1v) is 11.8. The van der Waals surface area contributed by atoms with Crippen LogP contribution in [0.25, 0.3) is 17.0 Å². The molecule has 1 atom stereocenters. The number of aryl methyl sites for hydroxylation is 1. The molecule has 0 aliphatic carbocycles. The second kappa shape index (κ2) is 8.44. The molecule has 8 heteroatoms. The highest BCUT2D eigenvalue weighted by molar-refractivity contribution is 8.19. The van der Waals surface area contributed by atoms with Crippen molar-refractivity contribution in [3.8, 4) is 0 Å². The number of nitrogens with one attached hydrogen (secondary N) is 1. The van der Waals surface area contributed by atoms with Gasteiger partial charge in [-0.3, -0.25) is 10.2 Å². The number of hydrogen-bond donors (Lipinski definition) is 1. The number of benzene rings is 2. The van der Waals surface area contributed by atoms with Crippen molar-refractivity contribution >= 4 is 50.9 Å². The predicted octanol–water partition coefficient (Wildman–Crippen LogP) is 5.66. The van der Waals surface area contributed by atoms with Crippen LogP contribution in [0.5, 0.6) is 0 Å². The Morgan fingerprint density at radius 3 is 2.69 bits per heavy atom. The minimum atomic E-state index is -0.656. The number of thioether (sulfide) groups is 1. The number of carbonyl (C=O) groups excluding carboxylic acids is 1. The van der Waals surface area contributed by atoms with E-state index in [1.165, 1.54) is 35.2 Å². The zero-order valence-electron chi connectivity index (χ0n) is 17.2. The minimum absolute atomic E-state index is 0.103. The summed E-state index contributed by atoms with van der Waals surface area (Å²) in [5, 5.41) is 19.4. The van der Waals surface area contributed by atoms with Gasteiger partial charge >= 0.3 is 0 Å². The van der Waals surface area contributed by atoms with Gasteiger partial charge in [0.1, 0.15) is 21.8 Å². The Morgan fingerprint density at radius 2 is 1.94 bits per heavy atom. The fraction of sp³-hybridized carbons (Fsp3) is 0.167. The summed E-state index contributed by atoms with van der Waals surface area (Å²) >= 11 is 2.59. The molecule has 1 saturated heterocycles. The fourth-order valence-electron chi connectivity index (χ4n) is 3.79. The molecule has 1 aliphatic rings. The number of rotatable bonds is 5. The van der Waals surface area contributed by atoms with Crippen LogP contribution >= 0.6 is 23.1 Å². The molecule has 160 valence electrons. The Balaban J connectivity index is 1.50. The Hall–Kier alpha value is -3.10.